The first-order valence-electron chi connectivity index (χ1n) is 8.45. The van der Waals surface area contributed by atoms with Crippen LogP contribution in [0.25, 0.3) is 0 Å². The number of carbonyl (C=O) groups excluding carboxylic acids is 1. The third-order valence-corrected chi connectivity index (χ3v) is 4.33. The number of carbonyl (C=O) groups is 1. The second kappa shape index (κ2) is 6.92. The largest absolute Gasteiger partial charge is 0.324 e. The number of anilines is 3. The average molecular weight is 348 g/mol. The molecule has 1 aliphatic rings. The van der Waals surface area contributed by atoms with Crippen molar-refractivity contribution in [2.45, 2.75) is 12.8 Å². The van der Waals surface area contributed by atoms with Crippen LogP contribution in [-0.4, -0.2) is 22.4 Å². The van der Waals surface area contributed by atoms with Gasteiger partial charge in [-0.3, -0.25) is 4.79 Å². The Labute approximate surface area is 150 Å². The van der Waals surface area contributed by atoms with E-state index in [1.54, 1.807) is 17.0 Å². The Morgan fingerprint density at radius 1 is 1.08 bits per heavy atom. The van der Waals surface area contributed by atoms with Gasteiger partial charge in [0.05, 0.1) is 5.56 Å². The minimum Gasteiger partial charge on any atom is -0.324 e. The molecule has 2 aromatic carbocycles. The molecular formula is C20H17FN4O. The number of para-hydroxylation sites is 1. The molecule has 1 N–H and O–H groups in total. The highest BCUT2D eigenvalue weighted by molar-refractivity contribution is 6.06. The van der Waals surface area contributed by atoms with Crippen molar-refractivity contribution in [3.05, 3.63) is 77.9 Å². The highest BCUT2D eigenvalue weighted by atomic mass is 19.1. The number of hydrogen-bond acceptors (Lipinski definition) is 4. The molecule has 0 saturated carbocycles. The molecule has 1 aliphatic heterocycles. The molecule has 0 atom stereocenters. The van der Waals surface area contributed by atoms with Crippen molar-refractivity contribution in [1.82, 2.24) is 9.97 Å². The summed E-state index contributed by atoms with van der Waals surface area (Å²) >= 11 is 0. The number of rotatable bonds is 3. The van der Waals surface area contributed by atoms with Crippen LogP contribution in [0.4, 0.5) is 21.7 Å². The molecule has 4 rings (SSSR count). The Morgan fingerprint density at radius 3 is 2.69 bits per heavy atom. The number of aryl methyl sites for hydroxylation is 1. The van der Waals surface area contributed by atoms with Crippen LogP contribution in [0.15, 0.2) is 60.9 Å². The van der Waals surface area contributed by atoms with Crippen molar-refractivity contribution in [2.24, 2.45) is 0 Å². The molecule has 3 aromatic rings. The first-order valence-corrected chi connectivity index (χ1v) is 8.45. The highest BCUT2D eigenvalue weighted by Gasteiger charge is 2.23. The van der Waals surface area contributed by atoms with Crippen molar-refractivity contribution in [3.8, 4) is 0 Å². The summed E-state index contributed by atoms with van der Waals surface area (Å²) in [4.78, 5) is 23.0. The first-order chi connectivity index (χ1) is 12.7. The van der Waals surface area contributed by atoms with Gasteiger partial charge in [-0.25, -0.2) is 14.4 Å². The minimum absolute atomic E-state index is 0.116. The van der Waals surface area contributed by atoms with Crippen molar-refractivity contribution < 1.29 is 9.18 Å². The summed E-state index contributed by atoms with van der Waals surface area (Å²) in [5.41, 5.74) is 3.10. The molecule has 26 heavy (non-hydrogen) atoms. The maximum absolute atomic E-state index is 13.2. The van der Waals surface area contributed by atoms with Gasteiger partial charge in [0.25, 0.3) is 5.91 Å². The fourth-order valence-corrected chi connectivity index (χ4v) is 3.10. The second-order valence-corrected chi connectivity index (χ2v) is 6.12. The van der Waals surface area contributed by atoms with Gasteiger partial charge in [-0.05, 0) is 42.7 Å². The van der Waals surface area contributed by atoms with Gasteiger partial charge in [0.15, 0.2) is 0 Å². The average Bonchev–Trinajstić information content (AvgIpc) is 2.68. The fourth-order valence-electron chi connectivity index (χ4n) is 3.10. The predicted molar refractivity (Wildman–Crippen MR) is 98.2 cm³/mol. The van der Waals surface area contributed by atoms with Crippen LogP contribution < -0.4 is 10.2 Å². The number of benzene rings is 2. The maximum atomic E-state index is 13.2. The van der Waals surface area contributed by atoms with E-state index in [1.165, 1.54) is 30.1 Å². The molecule has 0 aliphatic carbocycles. The van der Waals surface area contributed by atoms with E-state index in [0.29, 0.717) is 23.7 Å². The summed E-state index contributed by atoms with van der Waals surface area (Å²) in [5, 5.41) is 2.92. The Hall–Kier alpha value is -3.28. The van der Waals surface area contributed by atoms with E-state index in [0.717, 1.165) is 18.5 Å². The van der Waals surface area contributed by atoms with Gasteiger partial charge in [-0.1, -0.05) is 24.3 Å². The number of hydrogen-bond donors (Lipinski definition) is 1. The van der Waals surface area contributed by atoms with Gasteiger partial charge >= 0.3 is 0 Å². The van der Waals surface area contributed by atoms with E-state index in [2.05, 4.69) is 21.4 Å². The first kappa shape index (κ1) is 16.2. The molecule has 0 spiro atoms. The summed E-state index contributed by atoms with van der Waals surface area (Å²) in [6.07, 6.45) is 4.90. The van der Waals surface area contributed by atoms with E-state index in [-0.39, 0.29) is 11.7 Å². The van der Waals surface area contributed by atoms with Crippen LogP contribution in [0.2, 0.25) is 0 Å². The molecule has 1 amide bonds. The molecule has 0 saturated heterocycles. The number of nitrogens with zero attached hydrogens (tertiary/aromatic N) is 3. The number of nitrogens with one attached hydrogen (secondary N) is 1. The topological polar surface area (TPSA) is 58.1 Å². The molecule has 2 heterocycles. The summed E-state index contributed by atoms with van der Waals surface area (Å²) in [5.74, 6) is -0.147. The van der Waals surface area contributed by atoms with Crippen molar-refractivity contribution in [1.29, 1.82) is 0 Å². The molecule has 6 heteroatoms. The van der Waals surface area contributed by atoms with Crippen LogP contribution in [0.1, 0.15) is 22.3 Å². The lowest BCUT2D eigenvalue weighted by atomic mass is 10.0. The number of amides is 1. The summed E-state index contributed by atoms with van der Waals surface area (Å²) in [6.45, 7) is 0.680. The van der Waals surface area contributed by atoms with Crippen molar-refractivity contribution >= 4 is 23.2 Å². The normalized spacial score (nSPS) is 13.2. The van der Waals surface area contributed by atoms with Crippen molar-refractivity contribution in [3.63, 3.8) is 0 Å². The Balaban J connectivity index is 1.53. The van der Waals surface area contributed by atoms with E-state index < -0.39 is 0 Å². The third kappa shape index (κ3) is 3.26. The van der Waals surface area contributed by atoms with Gasteiger partial charge in [0.2, 0.25) is 5.95 Å². The van der Waals surface area contributed by atoms with Gasteiger partial charge < -0.3 is 10.2 Å². The summed E-state index contributed by atoms with van der Waals surface area (Å²) in [7, 11) is 0. The predicted octanol–water partition coefficient (Wildman–Crippen LogP) is 3.95. The second-order valence-electron chi connectivity index (χ2n) is 6.12. The number of aromatic nitrogens is 2. The van der Waals surface area contributed by atoms with Crippen LogP contribution in [0, 0.1) is 5.82 Å². The van der Waals surface area contributed by atoms with Crippen LogP contribution in [0.5, 0.6) is 0 Å². The van der Waals surface area contributed by atoms with E-state index in [4.69, 9.17) is 0 Å². The molecule has 0 unspecified atom stereocenters. The zero-order valence-electron chi connectivity index (χ0n) is 14.0. The maximum Gasteiger partial charge on any atom is 0.261 e. The smallest absolute Gasteiger partial charge is 0.261 e. The molecule has 5 nitrogen and oxygen atoms in total. The number of halogens is 1. The lowest BCUT2D eigenvalue weighted by Crippen LogP contribution is -2.35. The van der Waals surface area contributed by atoms with Gasteiger partial charge in [-0.15, -0.1) is 0 Å². The lowest BCUT2D eigenvalue weighted by molar-refractivity contribution is 0.0984. The van der Waals surface area contributed by atoms with Gasteiger partial charge in [0.1, 0.15) is 5.82 Å². The van der Waals surface area contributed by atoms with Crippen LogP contribution >= 0.6 is 0 Å². The standard InChI is InChI=1S/C20H17FN4O/c21-16-7-3-8-17(11-16)24-20-22-12-15(13-23-20)19(26)25-10-4-6-14-5-1-2-9-18(14)25/h1-3,5,7-9,11-13H,4,6,10H2,(H,22,23,24). The van der Waals surface area contributed by atoms with E-state index in [1.807, 2.05) is 18.2 Å². The minimum atomic E-state index is -0.342. The molecule has 0 fully saturated rings. The van der Waals surface area contributed by atoms with Gasteiger partial charge in [-0.2, -0.15) is 0 Å². The summed E-state index contributed by atoms with van der Waals surface area (Å²) < 4.78 is 13.2. The molecule has 0 radical (unpaired) electrons. The Bertz CT molecular complexity index is 943. The quantitative estimate of drug-likeness (QED) is 0.779. The highest BCUT2D eigenvalue weighted by Crippen LogP contribution is 2.28. The SMILES string of the molecule is O=C(c1cnc(Nc2cccc(F)c2)nc1)N1CCCc2ccccc21. The molecular weight excluding hydrogens is 331 g/mol. The molecule has 0 bridgehead atoms. The molecule has 130 valence electrons. The zero-order chi connectivity index (χ0) is 17.9. The zero-order valence-corrected chi connectivity index (χ0v) is 14.0. The van der Waals surface area contributed by atoms with E-state index in [9.17, 15) is 9.18 Å². The Kier molecular flexibility index (Phi) is 4.31. The number of fused-ring (bicyclic) bond motifs is 1. The van der Waals surface area contributed by atoms with Crippen LogP contribution in [0.3, 0.4) is 0 Å². The molecule has 1 aromatic heterocycles. The van der Waals surface area contributed by atoms with Gasteiger partial charge in [0, 0.05) is 30.3 Å². The van der Waals surface area contributed by atoms with Crippen LogP contribution in [-0.2, 0) is 6.42 Å². The lowest BCUT2D eigenvalue weighted by Gasteiger charge is -2.29. The monoisotopic (exact) mass is 348 g/mol. The van der Waals surface area contributed by atoms with Crippen molar-refractivity contribution in [2.75, 3.05) is 16.8 Å². The summed E-state index contributed by atoms with van der Waals surface area (Å²) in [6, 6.07) is 14.0. The third-order valence-electron chi connectivity index (χ3n) is 4.33. The Morgan fingerprint density at radius 2 is 1.88 bits per heavy atom. The van der Waals surface area contributed by atoms with E-state index >= 15 is 0 Å². The fraction of sp³-hybridized carbons (Fsp3) is 0.150.